The summed E-state index contributed by atoms with van der Waals surface area (Å²) in [5.74, 6) is 0. The molecule has 0 spiro atoms. The Balaban J connectivity index is 1.66. The summed E-state index contributed by atoms with van der Waals surface area (Å²) in [6.45, 7) is 4.21. The molecular weight excluding hydrogens is 218 g/mol. The van der Waals surface area contributed by atoms with E-state index in [0.29, 0.717) is 6.04 Å². The molecule has 3 nitrogen and oxygen atoms in total. The van der Waals surface area contributed by atoms with Gasteiger partial charge in [-0.1, -0.05) is 0 Å². The molecule has 0 aliphatic heterocycles. The lowest BCUT2D eigenvalue weighted by atomic mass is 10.2. The van der Waals surface area contributed by atoms with Gasteiger partial charge >= 0.3 is 0 Å². The second-order valence-corrected chi connectivity index (χ2v) is 4.78. The molecule has 0 saturated heterocycles. The zero-order valence-corrected chi connectivity index (χ0v) is 10.3. The van der Waals surface area contributed by atoms with Crippen molar-refractivity contribution in [3.63, 3.8) is 0 Å². The molecular formula is C12H17N3S. The first-order chi connectivity index (χ1) is 7.84. The fourth-order valence-electron chi connectivity index (χ4n) is 1.67. The first-order valence-corrected chi connectivity index (χ1v) is 6.49. The number of hydrogen-bond donors (Lipinski definition) is 1. The second-order valence-electron chi connectivity index (χ2n) is 4.00. The van der Waals surface area contributed by atoms with Crippen molar-refractivity contribution in [1.82, 2.24) is 14.9 Å². The molecule has 0 aromatic carbocycles. The molecule has 0 aliphatic carbocycles. The molecule has 1 atom stereocenters. The Labute approximate surface area is 100 Å². The molecule has 0 amide bonds. The average Bonchev–Trinajstić information content (AvgIpc) is 2.90. The van der Waals surface area contributed by atoms with Crippen LogP contribution in [0.3, 0.4) is 0 Å². The van der Waals surface area contributed by atoms with Crippen LogP contribution in [-0.2, 0) is 13.0 Å². The summed E-state index contributed by atoms with van der Waals surface area (Å²) >= 11 is 1.76. The van der Waals surface area contributed by atoms with Gasteiger partial charge in [-0.2, -0.15) is 11.3 Å². The summed E-state index contributed by atoms with van der Waals surface area (Å²) < 4.78 is 2.10. The Morgan fingerprint density at radius 1 is 1.56 bits per heavy atom. The fraction of sp³-hybridized carbons (Fsp3) is 0.417. The van der Waals surface area contributed by atoms with Gasteiger partial charge in [-0.3, -0.25) is 0 Å². The zero-order valence-electron chi connectivity index (χ0n) is 9.47. The van der Waals surface area contributed by atoms with Crippen LogP contribution >= 0.6 is 11.3 Å². The molecule has 0 saturated carbocycles. The summed E-state index contributed by atoms with van der Waals surface area (Å²) in [6.07, 6.45) is 6.78. The van der Waals surface area contributed by atoms with Crippen LogP contribution in [0.5, 0.6) is 0 Å². The van der Waals surface area contributed by atoms with Gasteiger partial charge in [0.1, 0.15) is 0 Å². The van der Waals surface area contributed by atoms with Crippen LogP contribution in [0.25, 0.3) is 0 Å². The Hall–Kier alpha value is -1.13. The van der Waals surface area contributed by atoms with Crippen molar-refractivity contribution in [3.8, 4) is 0 Å². The number of hydrogen-bond acceptors (Lipinski definition) is 3. The topological polar surface area (TPSA) is 29.9 Å². The highest BCUT2D eigenvalue weighted by Crippen LogP contribution is 2.05. The number of aromatic nitrogens is 2. The maximum atomic E-state index is 4.03. The maximum Gasteiger partial charge on any atom is 0.0946 e. The molecule has 4 heteroatoms. The number of imidazole rings is 1. The number of nitrogens with one attached hydrogen (secondary N) is 1. The van der Waals surface area contributed by atoms with Crippen molar-refractivity contribution in [3.05, 3.63) is 41.1 Å². The lowest BCUT2D eigenvalue weighted by Crippen LogP contribution is -2.31. The van der Waals surface area contributed by atoms with Gasteiger partial charge in [0.2, 0.25) is 0 Å². The maximum absolute atomic E-state index is 4.03. The minimum absolute atomic E-state index is 0.479. The van der Waals surface area contributed by atoms with Crippen LogP contribution in [-0.4, -0.2) is 22.1 Å². The van der Waals surface area contributed by atoms with E-state index in [0.717, 1.165) is 19.5 Å². The Morgan fingerprint density at radius 2 is 2.50 bits per heavy atom. The van der Waals surface area contributed by atoms with E-state index >= 15 is 0 Å². The molecule has 0 aliphatic rings. The van der Waals surface area contributed by atoms with E-state index < -0.39 is 0 Å². The van der Waals surface area contributed by atoms with Crippen molar-refractivity contribution in [1.29, 1.82) is 0 Å². The van der Waals surface area contributed by atoms with Crippen molar-refractivity contribution in [2.75, 3.05) is 6.54 Å². The van der Waals surface area contributed by atoms with E-state index in [4.69, 9.17) is 0 Å². The third-order valence-corrected chi connectivity index (χ3v) is 3.26. The summed E-state index contributed by atoms with van der Waals surface area (Å²) in [5.41, 5.74) is 1.42. The van der Waals surface area contributed by atoms with Gasteiger partial charge in [0.05, 0.1) is 6.33 Å². The van der Waals surface area contributed by atoms with Gasteiger partial charge in [0.25, 0.3) is 0 Å². The van der Waals surface area contributed by atoms with Crippen LogP contribution in [0.15, 0.2) is 35.5 Å². The molecule has 2 heterocycles. The third kappa shape index (κ3) is 3.47. The lowest BCUT2D eigenvalue weighted by Gasteiger charge is -2.13. The molecule has 2 aromatic rings. The standard InChI is InChI=1S/C12H17N3S/c1-11(8-15-6-5-13-10-15)14-4-2-12-3-7-16-9-12/h3,5-7,9-11,14H,2,4,8H2,1H3. The van der Waals surface area contributed by atoms with Crippen LogP contribution < -0.4 is 5.32 Å². The number of nitrogens with zero attached hydrogens (tertiary/aromatic N) is 2. The van der Waals surface area contributed by atoms with Crippen LogP contribution in [0.1, 0.15) is 12.5 Å². The molecule has 2 aromatic heterocycles. The Kier molecular flexibility index (Phi) is 4.13. The SMILES string of the molecule is CC(Cn1ccnc1)NCCc1ccsc1. The van der Waals surface area contributed by atoms with Crippen LogP contribution in [0.4, 0.5) is 0 Å². The normalized spacial score (nSPS) is 12.8. The zero-order chi connectivity index (χ0) is 11.2. The Morgan fingerprint density at radius 3 is 3.19 bits per heavy atom. The monoisotopic (exact) mass is 235 g/mol. The smallest absolute Gasteiger partial charge is 0.0946 e. The highest BCUT2D eigenvalue weighted by molar-refractivity contribution is 7.07. The molecule has 86 valence electrons. The molecule has 0 radical (unpaired) electrons. The first kappa shape index (κ1) is 11.4. The van der Waals surface area contributed by atoms with Crippen LogP contribution in [0, 0.1) is 0 Å². The lowest BCUT2D eigenvalue weighted by molar-refractivity contribution is 0.480. The summed E-state index contributed by atoms with van der Waals surface area (Å²) in [4.78, 5) is 4.03. The van der Waals surface area contributed by atoms with Gasteiger partial charge in [-0.15, -0.1) is 0 Å². The van der Waals surface area contributed by atoms with Gasteiger partial charge in [-0.05, 0) is 42.3 Å². The number of thiophene rings is 1. The summed E-state index contributed by atoms with van der Waals surface area (Å²) in [7, 11) is 0. The van der Waals surface area contributed by atoms with E-state index in [2.05, 4.69) is 38.6 Å². The molecule has 0 bridgehead atoms. The minimum atomic E-state index is 0.479. The number of rotatable bonds is 6. The van der Waals surface area contributed by atoms with E-state index in [1.165, 1.54) is 5.56 Å². The largest absolute Gasteiger partial charge is 0.336 e. The predicted molar refractivity (Wildman–Crippen MR) is 67.7 cm³/mol. The predicted octanol–water partition coefficient (Wildman–Crippen LogP) is 2.17. The summed E-state index contributed by atoms with van der Waals surface area (Å²) in [5, 5.41) is 7.85. The van der Waals surface area contributed by atoms with E-state index in [1.54, 1.807) is 11.3 Å². The van der Waals surface area contributed by atoms with Gasteiger partial charge in [0.15, 0.2) is 0 Å². The van der Waals surface area contributed by atoms with Gasteiger partial charge in [-0.25, -0.2) is 4.98 Å². The average molecular weight is 235 g/mol. The molecule has 16 heavy (non-hydrogen) atoms. The molecule has 0 fully saturated rings. The molecule has 2 rings (SSSR count). The quantitative estimate of drug-likeness (QED) is 0.831. The van der Waals surface area contributed by atoms with E-state index in [9.17, 15) is 0 Å². The van der Waals surface area contributed by atoms with E-state index in [-0.39, 0.29) is 0 Å². The van der Waals surface area contributed by atoms with Crippen molar-refractivity contribution < 1.29 is 0 Å². The van der Waals surface area contributed by atoms with Crippen molar-refractivity contribution in [2.24, 2.45) is 0 Å². The first-order valence-electron chi connectivity index (χ1n) is 5.55. The summed E-state index contributed by atoms with van der Waals surface area (Å²) in [6, 6.07) is 2.67. The fourth-order valence-corrected chi connectivity index (χ4v) is 2.38. The van der Waals surface area contributed by atoms with Crippen molar-refractivity contribution >= 4 is 11.3 Å². The molecule has 1 unspecified atom stereocenters. The second kappa shape index (κ2) is 5.82. The van der Waals surface area contributed by atoms with Crippen LogP contribution in [0.2, 0.25) is 0 Å². The molecule has 1 N–H and O–H groups in total. The van der Waals surface area contributed by atoms with Gasteiger partial charge in [0, 0.05) is 25.0 Å². The minimum Gasteiger partial charge on any atom is -0.336 e. The van der Waals surface area contributed by atoms with E-state index in [1.807, 2.05) is 18.7 Å². The van der Waals surface area contributed by atoms with Gasteiger partial charge < -0.3 is 9.88 Å². The Bertz CT molecular complexity index is 380. The van der Waals surface area contributed by atoms with Crippen molar-refractivity contribution in [2.45, 2.75) is 25.9 Å². The third-order valence-electron chi connectivity index (χ3n) is 2.53. The highest BCUT2D eigenvalue weighted by atomic mass is 32.1. The highest BCUT2D eigenvalue weighted by Gasteiger charge is 2.01.